The Morgan fingerprint density at radius 1 is 0.923 bits per heavy atom. The highest BCUT2D eigenvalue weighted by Crippen LogP contribution is 2.80. The van der Waals surface area contributed by atoms with Crippen LogP contribution in [0.2, 0.25) is 0 Å². The predicted octanol–water partition coefficient (Wildman–Crippen LogP) is 9.17. The number of rotatable bonds is 15. The molecule has 0 aromatic carbocycles. The van der Waals surface area contributed by atoms with Crippen LogP contribution >= 0.6 is 0 Å². The first-order valence-corrected chi connectivity index (χ1v) is 25.7. The Morgan fingerprint density at radius 2 is 1.71 bits per heavy atom. The lowest BCUT2D eigenvalue weighted by molar-refractivity contribution is -0.210. The van der Waals surface area contributed by atoms with Gasteiger partial charge in [0.1, 0.15) is 42.7 Å². The first kappa shape index (κ1) is 45.9. The number of fused-ring (bicyclic) bond motifs is 5. The maximum atomic E-state index is 13.5. The fraction of sp³-hybridized carbons (Fsp3) is 0.764. The van der Waals surface area contributed by atoms with Crippen LogP contribution in [0, 0.1) is 51.8 Å². The van der Waals surface area contributed by atoms with Crippen LogP contribution in [0.4, 0.5) is 0 Å². The summed E-state index contributed by atoms with van der Waals surface area (Å²) < 4.78 is 31.6. The van der Waals surface area contributed by atoms with Gasteiger partial charge in [0.2, 0.25) is 0 Å². The second kappa shape index (κ2) is 16.7. The Kier molecular flexibility index (Phi) is 11.8. The molecule has 356 valence electrons. The van der Waals surface area contributed by atoms with E-state index in [0.717, 1.165) is 61.7 Å². The van der Waals surface area contributed by atoms with Crippen molar-refractivity contribution >= 4 is 17.7 Å². The van der Waals surface area contributed by atoms with Crippen LogP contribution in [0.5, 0.6) is 0 Å². The van der Waals surface area contributed by atoms with Crippen LogP contribution in [0.25, 0.3) is 0 Å². The lowest BCUT2D eigenvalue weighted by atomic mass is 9.39. The third-order valence-corrected chi connectivity index (χ3v) is 20.0. The second-order valence-corrected chi connectivity index (χ2v) is 23.3. The average molecular weight is 897 g/mol. The standard InChI is InChI=1S/C55H76O10/c1-31(2)54-48(65-54)47(59)53(7)52(6)27-25-38-39(30-61-49(38)60)42(52)28-45-55(53,64-45)50(54)62-29-37(56)14-8-9-16-46(58)63-44-15-10-12-34(33(44)4)18-19-35-13-11-26-51(5)40(22-23-41(35)51)32(3)17-24-43(57)36-20-21-36/h17-19,24,31-32,36,40-45,47-48,50,57,59H,4,8-16,20-23,25-30H2,1-3,5-7H3/b24-17+,34-18-,35-19+/t32-,40?,41?,42?,43?,44-,45-,47-,48-,50+,51+,52-,53?,54-,55+/m0/s1. The Morgan fingerprint density at radius 3 is 2.48 bits per heavy atom. The van der Waals surface area contributed by atoms with E-state index in [1.54, 1.807) is 5.57 Å². The third kappa shape index (κ3) is 7.13. The van der Waals surface area contributed by atoms with Gasteiger partial charge in [-0.05, 0) is 159 Å². The van der Waals surface area contributed by atoms with Crippen LogP contribution in [0.3, 0.4) is 0 Å². The van der Waals surface area contributed by atoms with Crippen molar-refractivity contribution in [3.05, 3.63) is 58.7 Å². The number of unbranched alkanes of at least 4 members (excludes halogenated alkanes) is 1. The van der Waals surface area contributed by atoms with Crippen molar-refractivity contribution in [1.29, 1.82) is 0 Å². The molecule has 3 aliphatic heterocycles. The lowest BCUT2D eigenvalue weighted by Gasteiger charge is -2.63. The zero-order chi connectivity index (χ0) is 45.8. The molecule has 10 nitrogen and oxygen atoms in total. The van der Waals surface area contributed by atoms with Crippen LogP contribution in [-0.2, 0) is 38.1 Å². The van der Waals surface area contributed by atoms with Gasteiger partial charge in [0, 0.05) is 23.8 Å². The first-order valence-electron chi connectivity index (χ1n) is 25.7. The smallest absolute Gasteiger partial charge is 0.334 e. The van der Waals surface area contributed by atoms with Gasteiger partial charge in [-0.25, -0.2) is 4.79 Å². The predicted molar refractivity (Wildman–Crippen MR) is 245 cm³/mol. The third-order valence-electron chi connectivity index (χ3n) is 20.0. The Bertz CT molecular complexity index is 2090. The van der Waals surface area contributed by atoms with Crippen LogP contribution in [0.1, 0.15) is 151 Å². The van der Waals surface area contributed by atoms with Gasteiger partial charge in [-0.2, -0.15) is 0 Å². The van der Waals surface area contributed by atoms with Gasteiger partial charge >= 0.3 is 11.9 Å². The number of carbonyl (C=O) groups is 3. The van der Waals surface area contributed by atoms with Gasteiger partial charge in [-0.3, -0.25) is 9.59 Å². The van der Waals surface area contributed by atoms with Crippen molar-refractivity contribution in [2.24, 2.45) is 51.8 Å². The van der Waals surface area contributed by atoms with Crippen molar-refractivity contribution in [3.8, 4) is 0 Å². The zero-order valence-corrected chi connectivity index (χ0v) is 40.0. The Labute approximate surface area is 387 Å². The molecule has 0 aromatic heterocycles. The summed E-state index contributed by atoms with van der Waals surface area (Å²) in [7, 11) is 0. The van der Waals surface area contributed by atoms with E-state index < -0.39 is 40.3 Å². The maximum absolute atomic E-state index is 13.5. The molecule has 1 spiro atoms. The molecule has 8 fully saturated rings. The maximum Gasteiger partial charge on any atom is 0.334 e. The molecule has 0 bridgehead atoms. The van der Waals surface area contributed by atoms with Crippen LogP contribution in [-0.4, -0.2) is 89.0 Å². The number of cyclic esters (lactones) is 1. The summed E-state index contributed by atoms with van der Waals surface area (Å²) in [5.41, 5.74) is 3.08. The number of esters is 2. The largest absolute Gasteiger partial charge is 0.458 e. The van der Waals surface area contributed by atoms with Crippen molar-refractivity contribution in [2.45, 2.75) is 199 Å². The molecule has 0 amide bonds. The molecule has 2 saturated heterocycles. The van der Waals surface area contributed by atoms with E-state index in [2.05, 4.69) is 72.4 Å². The highest BCUT2D eigenvalue weighted by molar-refractivity contribution is 5.92. The number of allylic oxidation sites excluding steroid dienone is 4. The summed E-state index contributed by atoms with van der Waals surface area (Å²) in [6.07, 6.45) is 21.1. The van der Waals surface area contributed by atoms with Crippen LogP contribution in [0.15, 0.2) is 58.7 Å². The SMILES string of the molecule is C=C1/C(=C\C=C2/CCC[C@@]3(C)C2CCC3[C@@H](C)/C=C/C(O)C2CC2)CCC[C@@H]1OC(=O)CCCCC(=O)CO[C@@H]1[C@@]2(C(C)C)O[C@H]2[C@H](O)C2(C)[C@]13O[C@H]3CC1C3=C(CC[C@@]12C)C(=O)OC3. The Balaban J connectivity index is 0.713. The molecule has 10 heteroatoms. The topological polar surface area (TPSA) is 144 Å². The highest BCUT2D eigenvalue weighted by atomic mass is 16.7. The molecule has 10 aliphatic rings. The summed E-state index contributed by atoms with van der Waals surface area (Å²) in [6.45, 7) is 18.1. The number of aliphatic hydroxyl groups is 2. The molecule has 65 heavy (non-hydrogen) atoms. The molecular formula is C55H76O10. The van der Waals surface area contributed by atoms with Gasteiger partial charge in [0.15, 0.2) is 5.78 Å². The average Bonchev–Trinajstić information content (AvgIpc) is 4.22. The summed E-state index contributed by atoms with van der Waals surface area (Å²) in [5.74, 6) is 1.70. The summed E-state index contributed by atoms with van der Waals surface area (Å²) in [4.78, 5) is 39.3. The van der Waals surface area contributed by atoms with Gasteiger partial charge in [-0.1, -0.05) is 78.0 Å². The number of hydrogen-bond acceptors (Lipinski definition) is 10. The number of aliphatic hydroxyl groups excluding tert-OH is 2. The second-order valence-electron chi connectivity index (χ2n) is 23.3. The molecule has 0 radical (unpaired) electrons. The summed E-state index contributed by atoms with van der Waals surface area (Å²) in [6, 6.07) is 0. The van der Waals surface area contributed by atoms with E-state index in [1.165, 1.54) is 31.3 Å². The number of ether oxygens (including phenoxy) is 5. The number of Topliss-reactive ketones (excluding diaryl/α,β-unsaturated/α-hetero) is 1. The normalized spacial score (nSPS) is 44.8. The van der Waals surface area contributed by atoms with Gasteiger partial charge in [0.25, 0.3) is 0 Å². The number of epoxide rings is 2. The van der Waals surface area contributed by atoms with E-state index in [1.807, 2.05) is 0 Å². The van der Waals surface area contributed by atoms with Crippen molar-refractivity contribution < 1.29 is 48.3 Å². The quantitative estimate of drug-likeness (QED) is 0.0707. The minimum Gasteiger partial charge on any atom is -0.458 e. The van der Waals surface area contributed by atoms with E-state index in [-0.39, 0.29) is 66.3 Å². The molecule has 6 saturated carbocycles. The lowest BCUT2D eigenvalue weighted by Crippen LogP contribution is -2.74. The molecule has 15 atom stereocenters. The molecule has 3 heterocycles. The van der Waals surface area contributed by atoms with Crippen molar-refractivity contribution in [2.75, 3.05) is 13.2 Å². The minimum absolute atomic E-state index is 0.0246. The zero-order valence-electron chi connectivity index (χ0n) is 40.0. The highest BCUT2D eigenvalue weighted by Gasteiger charge is 2.92. The molecule has 0 aromatic rings. The van der Waals surface area contributed by atoms with Crippen molar-refractivity contribution in [3.63, 3.8) is 0 Å². The van der Waals surface area contributed by atoms with E-state index in [4.69, 9.17) is 23.7 Å². The number of ketones is 1. The first-order chi connectivity index (χ1) is 31.0. The van der Waals surface area contributed by atoms with Gasteiger partial charge in [0.05, 0.1) is 18.3 Å². The molecule has 5 unspecified atom stereocenters. The van der Waals surface area contributed by atoms with E-state index in [9.17, 15) is 24.6 Å². The monoisotopic (exact) mass is 897 g/mol. The molecule has 7 aliphatic carbocycles. The van der Waals surface area contributed by atoms with E-state index >= 15 is 0 Å². The fourth-order valence-corrected chi connectivity index (χ4v) is 15.7. The summed E-state index contributed by atoms with van der Waals surface area (Å²) >= 11 is 0. The number of hydrogen-bond donors (Lipinski definition) is 2. The molecule has 10 rings (SSSR count). The van der Waals surface area contributed by atoms with Gasteiger partial charge < -0.3 is 33.9 Å². The minimum atomic E-state index is -0.816. The van der Waals surface area contributed by atoms with Crippen LogP contribution < -0.4 is 0 Å². The van der Waals surface area contributed by atoms with Crippen molar-refractivity contribution in [1.82, 2.24) is 0 Å². The van der Waals surface area contributed by atoms with E-state index in [0.29, 0.717) is 62.4 Å². The molecule has 2 N–H and O–H groups in total. The molecular weight excluding hydrogens is 821 g/mol. The van der Waals surface area contributed by atoms with Gasteiger partial charge in [-0.15, -0.1) is 0 Å². The fourth-order valence-electron chi connectivity index (χ4n) is 15.7. The Hall–Kier alpha value is -2.89. The number of carbonyl (C=O) groups excluding carboxylic acids is 3. The summed E-state index contributed by atoms with van der Waals surface area (Å²) in [5, 5.41) is 22.7.